The molecule has 2 amide bonds. The van der Waals surface area contributed by atoms with Gasteiger partial charge in [-0.25, -0.2) is 8.42 Å². The van der Waals surface area contributed by atoms with Gasteiger partial charge in [0.15, 0.2) is 0 Å². The van der Waals surface area contributed by atoms with E-state index in [1.807, 2.05) is 31.2 Å². The fourth-order valence-electron chi connectivity index (χ4n) is 3.83. The Morgan fingerprint density at radius 2 is 1.62 bits per heavy atom. The maximum Gasteiger partial charge on any atom is 0.264 e. The molecule has 8 heteroatoms. The van der Waals surface area contributed by atoms with E-state index in [0.29, 0.717) is 24.2 Å². The van der Waals surface area contributed by atoms with E-state index < -0.39 is 10.0 Å². The molecule has 0 radical (unpaired) electrons. The summed E-state index contributed by atoms with van der Waals surface area (Å²) in [7, 11) is -2.20. The molecule has 0 atom stereocenters. The van der Waals surface area contributed by atoms with E-state index in [1.165, 1.54) is 11.4 Å². The fourth-order valence-corrected chi connectivity index (χ4v) is 5.02. The number of benzene rings is 3. The van der Waals surface area contributed by atoms with Crippen molar-refractivity contribution in [2.45, 2.75) is 31.2 Å². The van der Waals surface area contributed by atoms with Gasteiger partial charge in [0, 0.05) is 37.8 Å². The monoisotopic (exact) mass is 477 g/mol. The van der Waals surface area contributed by atoms with Gasteiger partial charge < -0.3 is 10.2 Å². The highest BCUT2D eigenvalue weighted by Gasteiger charge is 2.22. The van der Waals surface area contributed by atoms with E-state index in [4.69, 9.17) is 0 Å². The van der Waals surface area contributed by atoms with Gasteiger partial charge in [-0.3, -0.25) is 13.9 Å². The normalized spacial score (nSPS) is 13.7. The minimum Gasteiger partial charge on any atom is -0.348 e. The number of aryl methyl sites for hydroxylation is 1. The standard InChI is InChI=1S/C26H27N3O4S/c1-19-5-15-24(16-6-19)34(32,33)28(2)22-13-9-21(10-14-22)26(31)27-18-20-7-11-23(12-8-20)29-17-3-4-25(29)30/h5-16H,3-4,17-18H2,1-2H3,(H,27,31). The molecule has 0 aromatic heterocycles. The molecule has 34 heavy (non-hydrogen) atoms. The average molecular weight is 478 g/mol. The van der Waals surface area contributed by atoms with Crippen LogP contribution < -0.4 is 14.5 Å². The third-order valence-electron chi connectivity index (χ3n) is 5.95. The van der Waals surface area contributed by atoms with Crippen molar-refractivity contribution in [3.63, 3.8) is 0 Å². The molecule has 7 nitrogen and oxygen atoms in total. The molecule has 1 saturated heterocycles. The molecular formula is C26H27N3O4S. The van der Waals surface area contributed by atoms with Crippen molar-refractivity contribution in [2.75, 3.05) is 22.8 Å². The molecule has 0 unspecified atom stereocenters. The zero-order chi connectivity index (χ0) is 24.3. The number of nitrogens with zero attached hydrogens (tertiary/aromatic N) is 2. The van der Waals surface area contributed by atoms with E-state index >= 15 is 0 Å². The first-order valence-electron chi connectivity index (χ1n) is 11.1. The highest BCUT2D eigenvalue weighted by Crippen LogP contribution is 2.23. The molecule has 3 aromatic rings. The topological polar surface area (TPSA) is 86.8 Å². The van der Waals surface area contributed by atoms with Crippen molar-refractivity contribution < 1.29 is 18.0 Å². The predicted molar refractivity (Wildman–Crippen MR) is 132 cm³/mol. The van der Waals surface area contributed by atoms with Gasteiger partial charge in [0.1, 0.15) is 0 Å². The van der Waals surface area contributed by atoms with Gasteiger partial charge in [-0.05, 0) is 67.4 Å². The lowest BCUT2D eigenvalue weighted by Gasteiger charge is -2.20. The van der Waals surface area contributed by atoms with Crippen molar-refractivity contribution in [3.8, 4) is 0 Å². The first kappa shape index (κ1) is 23.5. The molecule has 3 aromatic carbocycles. The molecule has 1 N–H and O–H groups in total. The second-order valence-electron chi connectivity index (χ2n) is 8.33. The van der Waals surface area contributed by atoms with Crippen LogP contribution in [0.4, 0.5) is 11.4 Å². The van der Waals surface area contributed by atoms with Crippen molar-refractivity contribution in [2.24, 2.45) is 0 Å². The maximum absolute atomic E-state index is 12.9. The van der Waals surface area contributed by atoms with Crippen LogP contribution in [-0.4, -0.2) is 33.8 Å². The molecule has 176 valence electrons. The second kappa shape index (κ2) is 9.69. The Kier molecular flexibility index (Phi) is 6.70. The van der Waals surface area contributed by atoms with Crippen LogP contribution in [0, 0.1) is 6.92 Å². The van der Waals surface area contributed by atoms with Gasteiger partial charge in [0.25, 0.3) is 15.9 Å². The van der Waals surface area contributed by atoms with Crippen LogP contribution >= 0.6 is 0 Å². The minimum atomic E-state index is -3.69. The minimum absolute atomic E-state index is 0.141. The third-order valence-corrected chi connectivity index (χ3v) is 7.75. The highest BCUT2D eigenvalue weighted by atomic mass is 32.2. The number of hydrogen-bond donors (Lipinski definition) is 1. The quantitative estimate of drug-likeness (QED) is 0.560. The van der Waals surface area contributed by atoms with Gasteiger partial charge in [0.2, 0.25) is 5.91 Å². The van der Waals surface area contributed by atoms with Crippen LogP contribution in [0.15, 0.2) is 77.7 Å². The average Bonchev–Trinajstić information content (AvgIpc) is 3.28. The number of sulfonamides is 1. The Morgan fingerprint density at radius 3 is 2.21 bits per heavy atom. The molecule has 1 aliphatic rings. The van der Waals surface area contributed by atoms with Crippen LogP contribution in [0.5, 0.6) is 0 Å². The van der Waals surface area contributed by atoms with Gasteiger partial charge in [0.05, 0.1) is 10.6 Å². The Balaban J connectivity index is 1.37. The summed E-state index contributed by atoms with van der Waals surface area (Å²) in [5, 5.41) is 2.87. The van der Waals surface area contributed by atoms with E-state index in [-0.39, 0.29) is 16.7 Å². The van der Waals surface area contributed by atoms with Gasteiger partial charge in [-0.1, -0.05) is 29.8 Å². The van der Waals surface area contributed by atoms with E-state index in [1.54, 1.807) is 53.4 Å². The lowest BCUT2D eigenvalue weighted by Crippen LogP contribution is -2.27. The van der Waals surface area contributed by atoms with Crippen molar-refractivity contribution in [3.05, 3.63) is 89.5 Å². The van der Waals surface area contributed by atoms with E-state index in [9.17, 15) is 18.0 Å². The third kappa shape index (κ3) is 4.97. The molecule has 1 aliphatic heterocycles. The van der Waals surface area contributed by atoms with Crippen LogP contribution in [0.1, 0.15) is 34.3 Å². The molecule has 4 rings (SSSR count). The molecule has 0 bridgehead atoms. The Bertz CT molecular complexity index is 1290. The van der Waals surface area contributed by atoms with E-state index in [2.05, 4.69) is 5.32 Å². The number of carbonyl (C=O) groups is 2. The van der Waals surface area contributed by atoms with Crippen molar-refractivity contribution in [1.82, 2.24) is 5.32 Å². The lowest BCUT2D eigenvalue weighted by molar-refractivity contribution is -0.117. The SMILES string of the molecule is Cc1ccc(S(=O)(=O)N(C)c2ccc(C(=O)NCc3ccc(N4CCCC4=O)cc3)cc2)cc1. The largest absolute Gasteiger partial charge is 0.348 e. The zero-order valence-electron chi connectivity index (χ0n) is 19.2. The van der Waals surface area contributed by atoms with Crippen LogP contribution in [-0.2, 0) is 21.4 Å². The highest BCUT2D eigenvalue weighted by molar-refractivity contribution is 7.92. The molecular weight excluding hydrogens is 450 g/mol. The number of carbonyl (C=O) groups excluding carboxylic acids is 2. The first-order chi connectivity index (χ1) is 16.3. The number of anilines is 2. The van der Waals surface area contributed by atoms with Crippen LogP contribution in [0.2, 0.25) is 0 Å². The summed E-state index contributed by atoms with van der Waals surface area (Å²) >= 11 is 0. The van der Waals surface area contributed by atoms with Crippen LogP contribution in [0.25, 0.3) is 0 Å². The zero-order valence-corrected chi connectivity index (χ0v) is 20.0. The van der Waals surface area contributed by atoms with Crippen molar-refractivity contribution in [1.29, 1.82) is 0 Å². The van der Waals surface area contributed by atoms with E-state index in [0.717, 1.165) is 29.8 Å². The van der Waals surface area contributed by atoms with Gasteiger partial charge in [-0.15, -0.1) is 0 Å². The predicted octanol–water partition coefficient (Wildman–Crippen LogP) is 3.88. The summed E-state index contributed by atoms with van der Waals surface area (Å²) in [5.74, 6) is -0.115. The summed E-state index contributed by atoms with van der Waals surface area (Å²) in [4.78, 5) is 26.4. The summed E-state index contributed by atoms with van der Waals surface area (Å²) in [6.07, 6.45) is 1.47. The maximum atomic E-state index is 12.9. The summed E-state index contributed by atoms with van der Waals surface area (Å²) in [6, 6.07) is 20.7. The molecule has 0 aliphatic carbocycles. The van der Waals surface area contributed by atoms with Crippen LogP contribution in [0.3, 0.4) is 0 Å². The lowest BCUT2D eigenvalue weighted by atomic mass is 10.1. The Morgan fingerprint density at radius 1 is 0.971 bits per heavy atom. The summed E-state index contributed by atoms with van der Waals surface area (Å²) < 4.78 is 26.9. The van der Waals surface area contributed by atoms with Gasteiger partial charge in [-0.2, -0.15) is 0 Å². The molecule has 1 fully saturated rings. The molecule has 1 heterocycles. The summed E-state index contributed by atoms with van der Waals surface area (Å²) in [5.41, 5.74) is 3.67. The molecule has 0 spiro atoms. The fraction of sp³-hybridized carbons (Fsp3) is 0.231. The Labute approximate surface area is 200 Å². The number of amides is 2. The summed E-state index contributed by atoms with van der Waals surface area (Å²) in [6.45, 7) is 2.98. The number of hydrogen-bond acceptors (Lipinski definition) is 4. The number of rotatable bonds is 7. The van der Waals surface area contributed by atoms with Crippen molar-refractivity contribution >= 4 is 33.2 Å². The smallest absolute Gasteiger partial charge is 0.264 e. The first-order valence-corrected chi connectivity index (χ1v) is 12.5. The van der Waals surface area contributed by atoms with Gasteiger partial charge >= 0.3 is 0 Å². The Hall–Kier alpha value is -3.65. The second-order valence-corrected chi connectivity index (χ2v) is 10.3. The molecule has 0 saturated carbocycles. The number of nitrogens with one attached hydrogen (secondary N) is 1.